The Hall–Kier alpha value is -1.36. The summed E-state index contributed by atoms with van der Waals surface area (Å²) in [5.74, 6) is -0.675. The van der Waals surface area contributed by atoms with E-state index in [-0.39, 0.29) is 22.9 Å². The second kappa shape index (κ2) is 4.25. The minimum Gasteiger partial charge on any atom is -0.487 e. The Morgan fingerprint density at radius 2 is 2.19 bits per heavy atom. The van der Waals surface area contributed by atoms with E-state index in [1.165, 1.54) is 12.1 Å². The van der Waals surface area contributed by atoms with Crippen molar-refractivity contribution in [3.8, 4) is 5.75 Å². The van der Waals surface area contributed by atoms with Crippen LogP contribution in [0.15, 0.2) is 18.2 Å². The Kier molecular flexibility index (Phi) is 2.96. The van der Waals surface area contributed by atoms with Crippen LogP contribution in [0.5, 0.6) is 5.75 Å². The number of nitrogens with zero attached hydrogens (tertiary/aromatic N) is 1. The van der Waals surface area contributed by atoms with Gasteiger partial charge in [0.2, 0.25) is 0 Å². The van der Waals surface area contributed by atoms with Gasteiger partial charge in [0.1, 0.15) is 6.10 Å². The van der Waals surface area contributed by atoms with Crippen molar-refractivity contribution in [2.45, 2.75) is 24.3 Å². The standard InChI is InChI=1S/C10H9ClFNO3/c11-6-3-8(4-6)16-10-2-1-7(13(14)15)5-9(10)12/h1-2,5-6,8H,3-4H2. The van der Waals surface area contributed by atoms with Crippen molar-refractivity contribution >= 4 is 17.3 Å². The zero-order chi connectivity index (χ0) is 11.7. The van der Waals surface area contributed by atoms with Gasteiger partial charge in [-0.25, -0.2) is 4.39 Å². The van der Waals surface area contributed by atoms with Gasteiger partial charge in [-0.2, -0.15) is 0 Å². The first-order valence-corrected chi connectivity index (χ1v) is 5.24. The Bertz CT molecular complexity index is 421. The van der Waals surface area contributed by atoms with Crippen molar-refractivity contribution in [2.75, 3.05) is 0 Å². The Morgan fingerprint density at radius 3 is 2.69 bits per heavy atom. The molecule has 1 aromatic rings. The topological polar surface area (TPSA) is 52.4 Å². The second-order valence-electron chi connectivity index (χ2n) is 3.68. The highest BCUT2D eigenvalue weighted by Crippen LogP contribution is 2.31. The minimum atomic E-state index is -0.716. The van der Waals surface area contributed by atoms with Gasteiger partial charge in [0.15, 0.2) is 11.6 Å². The molecule has 0 amide bonds. The maximum atomic E-state index is 13.4. The van der Waals surface area contributed by atoms with E-state index in [1.807, 2.05) is 0 Å². The first-order chi connectivity index (χ1) is 7.56. The highest BCUT2D eigenvalue weighted by atomic mass is 35.5. The fourth-order valence-corrected chi connectivity index (χ4v) is 1.87. The average molecular weight is 246 g/mol. The minimum absolute atomic E-state index is 0.0409. The quantitative estimate of drug-likeness (QED) is 0.467. The molecule has 1 fully saturated rings. The van der Waals surface area contributed by atoms with Crippen molar-refractivity contribution in [1.82, 2.24) is 0 Å². The van der Waals surface area contributed by atoms with E-state index in [0.29, 0.717) is 12.8 Å². The van der Waals surface area contributed by atoms with Gasteiger partial charge in [0, 0.05) is 24.3 Å². The molecule has 0 N–H and O–H groups in total. The number of nitro groups is 1. The van der Waals surface area contributed by atoms with Crippen LogP contribution < -0.4 is 4.74 Å². The van der Waals surface area contributed by atoms with Crippen LogP contribution in [0.4, 0.5) is 10.1 Å². The number of halogens is 2. The first-order valence-electron chi connectivity index (χ1n) is 4.81. The van der Waals surface area contributed by atoms with Crippen molar-refractivity contribution in [1.29, 1.82) is 0 Å². The summed E-state index contributed by atoms with van der Waals surface area (Å²) in [6.07, 6.45) is 1.27. The van der Waals surface area contributed by atoms with E-state index in [0.717, 1.165) is 6.07 Å². The Labute approximate surface area is 96.1 Å². The third-order valence-corrected chi connectivity index (χ3v) is 2.81. The molecule has 0 aliphatic heterocycles. The van der Waals surface area contributed by atoms with E-state index >= 15 is 0 Å². The molecule has 0 saturated heterocycles. The van der Waals surface area contributed by atoms with Crippen LogP contribution >= 0.6 is 11.6 Å². The molecule has 0 unspecified atom stereocenters. The summed E-state index contributed by atoms with van der Waals surface area (Å²) in [4.78, 5) is 9.73. The van der Waals surface area contributed by atoms with E-state index in [1.54, 1.807) is 0 Å². The number of benzene rings is 1. The fraction of sp³-hybridized carbons (Fsp3) is 0.400. The Morgan fingerprint density at radius 1 is 1.50 bits per heavy atom. The van der Waals surface area contributed by atoms with Crippen LogP contribution in [-0.2, 0) is 0 Å². The molecule has 0 heterocycles. The zero-order valence-electron chi connectivity index (χ0n) is 8.23. The van der Waals surface area contributed by atoms with Crippen LogP contribution in [0.1, 0.15) is 12.8 Å². The molecular formula is C10H9ClFNO3. The first kappa shape index (κ1) is 11.1. The Balaban J connectivity index is 2.07. The molecular weight excluding hydrogens is 237 g/mol. The van der Waals surface area contributed by atoms with E-state index in [4.69, 9.17) is 16.3 Å². The van der Waals surface area contributed by atoms with Gasteiger partial charge in [0.05, 0.1) is 11.0 Å². The van der Waals surface area contributed by atoms with Crippen LogP contribution in [0.3, 0.4) is 0 Å². The summed E-state index contributed by atoms with van der Waals surface area (Å²) in [5, 5.41) is 10.5. The normalized spacial score (nSPS) is 23.6. The van der Waals surface area contributed by atoms with E-state index in [9.17, 15) is 14.5 Å². The lowest BCUT2D eigenvalue weighted by Gasteiger charge is -2.31. The molecule has 4 nitrogen and oxygen atoms in total. The van der Waals surface area contributed by atoms with Crippen LogP contribution in [-0.4, -0.2) is 16.4 Å². The lowest BCUT2D eigenvalue weighted by Crippen LogP contribution is -2.34. The zero-order valence-corrected chi connectivity index (χ0v) is 8.98. The summed E-state index contributed by atoms with van der Waals surface area (Å²) < 4.78 is 18.7. The summed E-state index contributed by atoms with van der Waals surface area (Å²) in [7, 11) is 0. The van der Waals surface area contributed by atoms with Gasteiger partial charge in [-0.3, -0.25) is 10.1 Å². The number of ether oxygens (including phenoxy) is 1. The van der Waals surface area contributed by atoms with Crippen LogP contribution in [0, 0.1) is 15.9 Å². The van der Waals surface area contributed by atoms with Crippen LogP contribution in [0.2, 0.25) is 0 Å². The van der Waals surface area contributed by atoms with Crippen molar-refractivity contribution in [3.05, 3.63) is 34.1 Å². The molecule has 0 radical (unpaired) electrons. The van der Waals surface area contributed by atoms with Crippen LogP contribution in [0.25, 0.3) is 0 Å². The predicted octanol–water partition coefficient (Wildman–Crippen LogP) is 2.88. The molecule has 0 atom stereocenters. The monoisotopic (exact) mass is 245 g/mol. The van der Waals surface area contributed by atoms with Crippen molar-refractivity contribution in [2.24, 2.45) is 0 Å². The summed E-state index contributed by atoms with van der Waals surface area (Å²) in [6.45, 7) is 0. The van der Waals surface area contributed by atoms with Gasteiger partial charge >= 0.3 is 0 Å². The number of hydrogen-bond donors (Lipinski definition) is 0. The van der Waals surface area contributed by atoms with Gasteiger partial charge in [-0.1, -0.05) is 0 Å². The molecule has 1 aromatic carbocycles. The number of nitro benzene ring substituents is 1. The number of rotatable bonds is 3. The molecule has 6 heteroatoms. The number of alkyl halides is 1. The third kappa shape index (κ3) is 2.24. The molecule has 0 bridgehead atoms. The van der Waals surface area contributed by atoms with Gasteiger partial charge in [-0.15, -0.1) is 11.6 Å². The van der Waals surface area contributed by atoms with Crippen molar-refractivity contribution in [3.63, 3.8) is 0 Å². The third-order valence-electron chi connectivity index (χ3n) is 2.46. The highest BCUT2D eigenvalue weighted by Gasteiger charge is 2.29. The molecule has 16 heavy (non-hydrogen) atoms. The maximum Gasteiger partial charge on any atom is 0.272 e. The number of hydrogen-bond acceptors (Lipinski definition) is 3. The van der Waals surface area contributed by atoms with Crippen molar-refractivity contribution < 1.29 is 14.1 Å². The molecule has 2 rings (SSSR count). The summed E-state index contributed by atoms with van der Waals surface area (Å²) >= 11 is 5.75. The average Bonchev–Trinajstić information content (AvgIpc) is 2.18. The molecule has 1 aliphatic carbocycles. The lowest BCUT2D eigenvalue weighted by molar-refractivity contribution is -0.385. The predicted molar refractivity (Wildman–Crippen MR) is 56.3 cm³/mol. The summed E-state index contributed by atoms with van der Waals surface area (Å²) in [5.41, 5.74) is -0.284. The molecule has 0 spiro atoms. The maximum absolute atomic E-state index is 13.4. The highest BCUT2D eigenvalue weighted by molar-refractivity contribution is 6.21. The fourth-order valence-electron chi connectivity index (χ4n) is 1.48. The second-order valence-corrected chi connectivity index (χ2v) is 4.30. The van der Waals surface area contributed by atoms with Gasteiger partial charge < -0.3 is 4.74 Å². The molecule has 86 valence electrons. The number of non-ortho nitro benzene ring substituents is 1. The summed E-state index contributed by atoms with van der Waals surface area (Å²) in [6, 6.07) is 3.34. The SMILES string of the molecule is O=[N+]([O-])c1ccc(OC2CC(Cl)C2)c(F)c1. The van der Waals surface area contributed by atoms with E-state index < -0.39 is 10.7 Å². The lowest BCUT2D eigenvalue weighted by atomic mass is 9.95. The van der Waals surface area contributed by atoms with Gasteiger partial charge in [0.25, 0.3) is 5.69 Å². The molecule has 1 aliphatic rings. The molecule has 1 saturated carbocycles. The van der Waals surface area contributed by atoms with Gasteiger partial charge in [-0.05, 0) is 6.07 Å². The largest absolute Gasteiger partial charge is 0.487 e. The van der Waals surface area contributed by atoms with E-state index in [2.05, 4.69) is 0 Å². The smallest absolute Gasteiger partial charge is 0.272 e. The molecule has 0 aromatic heterocycles.